The predicted molar refractivity (Wildman–Crippen MR) is 73.1 cm³/mol. The highest BCUT2D eigenvalue weighted by atomic mass is 19.1. The molecule has 0 aliphatic heterocycles. The molecule has 0 aliphatic rings. The van der Waals surface area contributed by atoms with Crippen molar-refractivity contribution in [2.24, 2.45) is 5.73 Å². The van der Waals surface area contributed by atoms with Crippen LogP contribution in [0.1, 0.15) is 18.4 Å². The number of urea groups is 1. The highest BCUT2D eigenvalue weighted by Gasteiger charge is 2.20. The van der Waals surface area contributed by atoms with Gasteiger partial charge in [-0.15, -0.1) is 0 Å². The maximum atomic E-state index is 13.1. The van der Waals surface area contributed by atoms with E-state index in [1.807, 2.05) is 0 Å². The van der Waals surface area contributed by atoms with Gasteiger partial charge in [-0.05, 0) is 37.1 Å². The van der Waals surface area contributed by atoms with Crippen LogP contribution < -0.4 is 16.4 Å². The van der Waals surface area contributed by atoms with Crippen LogP contribution in [0.15, 0.2) is 18.2 Å². The first-order chi connectivity index (χ1) is 9.79. The van der Waals surface area contributed by atoms with Gasteiger partial charge in [0.15, 0.2) is 0 Å². The van der Waals surface area contributed by atoms with Gasteiger partial charge >= 0.3 is 12.0 Å². The van der Waals surface area contributed by atoms with Crippen molar-refractivity contribution in [2.75, 3.05) is 5.32 Å². The molecule has 0 heterocycles. The molecule has 0 radical (unpaired) electrons. The fraction of sp³-hybridized carbons (Fsp3) is 0.308. The molecule has 1 atom stereocenters. The molecule has 0 saturated carbocycles. The van der Waals surface area contributed by atoms with Gasteiger partial charge < -0.3 is 21.5 Å². The van der Waals surface area contributed by atoms with Crippen LogP contribution in [0.25, 0.3) is 0 Å². The van der Waals surface area contributed by atoms with Crippen molar-refractivity contribution in [3.05, 3.63) is 29.6 Å². The number of nitrogens with one attached hydrogen (secondary N) is 2. The molecule has 1 rings (SSSR count). The van der Waals surface area contributed by atoms with E-state index in [4.69, 9.17) is 10.8 Å². The summed E-state index contributed by atoms with van der Waals surface area (Å²) in [6, 6.07) is 1.94. The Morgan fingerprint density at radius 2 is 2.05 bits per heavy atom. The lowest BCUT2D eigenvalue weighted by Crippen LogP contribution is -2.43. The van der Waals surface area contributed by atoms with E-state index in [2.05, 4.69) is 10.6 Å². The Morgan fingerprint density at radius 3 is 2.57 bits per heavy atom. The first kappa shape index (κ1) is 16.4. The summed E-state index contributed by atoms with van der Waals surface area (Å²) < 4.78 is 13.1. The van der Waals surface area contributed by atoms with Crippen molar-refractivity contribution < 1.29 is 23.9 Å². The zero-order valence-corrected chi connectivity index (χ0v) is 11.4. The van der Waals surface area contributed by atoms with Crippen LogP contribution in [0.3, 0.4) is 0 Å². The van der Waals surface area contributed by atoms with Gasteiger partial charge in [0.05, 0.1) is 0 Å². The number of carboxylic acids is 1. The minimum absolute atomic E-state index is 0.111. The fourth-order valence-electron chi connectivity index (χ4n) is 1.59. The maximum absolute atomic E-state index is 13.1. The molecule has 0 bridgehead atoms. The molecular weight excluding hydrogens is 281 g/mol. The van der Waals surface area contributed by atoms with Crippen molar-refractivity contribution >= 4 is 23.6 Å². The van der Waals surface area contributed by atoms with Gasteiger partial charge in [0.1, 0.15) is 11.9 Å². The van der Waals surface area contributed by atoms with Crippen molar-refractivity contribution in [1.29, 1.82) is 0 Å². The highest BCUT2D eigenvalue weighted by Crippen LogP contribution is 2.13. The molecule has 114 valence electrons. The van der Waals surface area contributed by atoms with Gasteiger partial charge in [-0.25, -0.2) is 14.0 Å². The summed E-state index contributed by atoms with van der Waals surface area (Å²) in [7, 11) is 0. The number of hydrogen-bond acceptors (Lipinski definition) is 3. The normalized spacial score (nSPS) is 11.5. The summed E-state index contributed by atoms with van der Waals surface area (Å²) in [6.45, 7) is 1.53. The molecule has 3 amide bonds. The Bertz CT molecular complexity index is 562. The zero-order valence-electron chi connectivity index (χ0n) is 11.4. The number of primary amides is 1. The molecule has 0 aromatic heterocycles. The second kappa shape index (κ2) is 7.22. The molecule has 8 heteroatoms. The number of hydrogen-bond donors (Lipinski definition) is 4. The van der Waals surface area contributed by atoms with Crippen LogP contribution in [0, 0.1) is 12.7 Å². The fourth-order valence-corrected chi connectivity index (χ4v) is 1.59. The van der Waals surface area contributed by atoms with Crippen molar-refractivity contribution in [1.82, 2.24) is 5.32 Å². The van der Waals surface area contributed by atoms with E-state index < -0.39 is 29.8 Å². The molecule has 1 aromatic carbocycles. The lowest BCUT2D eigenvalue weighted by molar-refractivity contribution is -0.139. The van der Waals surface area contributed by atoms with Crippen LogP contribution in [0.4, 0.5) is 14.9 Å². The predicted octanol–water partition coefficient (Wildman–Crippen LogP) is 0.974. The van der Waals surface area contributed by atoms with E-state index in [9.17, 15) is 18.8 Å². The van der Waals surface area contributed by atoms with E-state index >= 15 is 0 Å². The number of aliphatic carboxylic acids is 1. The molecule has 0 fully saturated rings. The van der Waals surface area contributed by atoms with E-state index in [1.54, 1.807) is 0 Å². The number of benzene rings is 1. The molecule has 21 heavy (non-hydrogen) atoms. The van der Waals surface area contributed by atoms with E-state index in [1.165, 1.54) is 25.1 Å². The SMILES string of the molecule is Cc1cc(NC(=O)N[C@@H](CCC(N)=O)C(=O)O)ccc1F. The van der Waals surface area contributed by atoms with Crippen molar-refractivity contribution in [2.45, 2.75) is 25.8 Å². The Kier molecular flexibility index (Phi) is 5.65. The minimum atomic E-state index is -1.28. The summed E-state index contributed by atoms with van der Waals surface area (Å²) in [6.07, 6.45) is -0.270. The van der Waals surface area contributed by atoms with Crippen molar-refractivity contribution in [3.8, 4) is 0 Å². The lowest BCUT2D eigenvalue weighted by Gasteiger charge is -2.14. The molecule has 7 nitrogen and oxygen atoms in total. The Morgan fingerprint density at radius 1 is 1.38 bits per heavy atom. The van der Waals surface area contributed by atoms with Gasteiger partial charge in [0.25, 0.3) is 0 Å². The summed E-state index contributed by atoms with van der Waals surface area (Å²) >= 11 is 0. The van der Waals surface area contributed by atoms with E-state index in [-0.39, 0.29) is 12.8 Å². The topological polar surface area (TPSA) is 122 Å². The maximum Gasteiger partial charge on any atom is 0.326 e. The second-order valence-electron chi connectivity index (χ2n) is 4.46. The number of carbonyl (C=O) groups is 3. The van der Waals surface area contributed by atoms with Crippen LogP contribution >= 0.6 is 0 Å². The largest absolute Gasteiger partial charge is 0.480 e. The molecule has 0 unspecified atom stereocenters. The Hall–Kier alpha value is -2.64. The summed E-state index contributed by atoms with van der Waals surface area (Å²) in [4.78, 5) is 33.3. The number of carbonyl (C=O) groups excluding carboxylic acids is 2. The van der Waals surface area contributed by atoms with E-state index in [0.717, 1.165) is 0 Å². The third-order valence-electron chi connectivity index (χ3n) is 2.70. The number of aryl methyl sites for hydroxylation is 1. The average Bonchev–Trinajstić information content (AvgIpc) is 2.38. The van der Waals surface area contributed by atoms with Crippen LogP contribution in [-0.2, 0) is 9.59 Å². The van der Waals surface area contributed by atoms with Crippen LogP contribution in [0.5, 0.6) is 0 Å². The van der Waals surface area contributed by atoms with Gasteiger partial charge in [-0.1, -0.05) is 0 Å². The summed E-state index contributed by atoms with van der Waals surface area (Å²) in [5.41, 5.74) is 5.60. The lowest BCUT2D eigenvalue weighted by atomic mass is 10.1. The minimum Gasteiger partial charge on any atom is -0.480 e. The third-order valence-corrected chi connectivity index (χ3v) is 2.70. The second-order valence-corrected chi connectivity index (χ2v) is 4.46. The Labute approximate surface area is 120 Å². The molecule has 5 N–H and O–H groups in total. The zero-order chi connectivity index (χ0) is 16.0. The van der Waals surface area contributed by atoms with Gasteiger partial charge in [-0.3, -0.25) is 4.79 Å². The third kappa shape index (κ3) is 5.47. The number of amides is 3. The first-order valence-corrected chi connectivity index (χ1v) is 6.14. The average molecular weight is 297 g/mol. The number of nitrogens with two attached hydrogens (primary N) is 1. The molecule has 0 spiro atoms. The Balaban J connectivity index is 2.62. The summed E-state index contributed by atoms with van der Waals surface area (Å²) in [5, 5.41) is 13.5. The molecule has 0 aliphatic carbocycles. The first-order valence-electron chi connectivity index (χ1n) is 6.14. The van der Waals surface area contributed by atoms with Crippen molar-refractivity contribution in [3.63, 3.8) is 0 Å². The van der Waals surface area contributed by atoms with Gasteiger partial charge in [0.2, 0.25) is 5.91 Å². The number of anilines is 1. The molecule has 1 aromatic rings. The van der Waals surface area contributed by atoms with E-state index in [0.29, 0.717) is 11.3 Å². The van der Waals surface area contributed by atoms with Crippen LogP contribution in [-0.4, -0.2) is 29.1 Å². The molecular formula is C13H16FN3O4. The molecule has 0 saturated heterocycles. The number of carboxylic acid groups (broad SMARTS) is 1. The highest BCUT2D eigenvalue weighted by molar-refractivity contribution is 5.92. The van der Waals surface area contributed by atoms with Gasteiger partial charge in [0, 0.05) is 12.1 Å². The number of rotatable bonds is 6. The number of halogens is 1. The smallest absolute Gasteiger partial charge is 0.326 e. The standard InChI is InChI=1S/C13H16FN3O4/c1-7-6-8(2-3-9(7)14)16-13(21)17-10(12(19)20)4-5-11(15)18/h2-3,6,10H,4-5H2,1H3,(H2,15,18)(H,19,20)(H2,16,17,21)/t10-/m0/s1. The van der Waals surface area contributed by atoms with Crippen LogP contribution in [0.2, 0.25) is 0 Å². The quantitative estimate of drug-likeness (QED) is 0.625. The van der Waals surface area contributed by atoms with Gasteiger partial charge in [-0.2, -0.15) is 0 Å². The monoisotopic (exact) mass is 297 g/mol. The summed E-state index contributed by atoms with van der Waals surface area (Å²) in [5.74, 6) is -2.34.